The van der Waals surface area contributed by atoms with Gasteiger partial charge in [-0.05, 0) is 12.8 Å². The van der Waals surface area contributed by atoms with Crippen LogP contribution in [-0.4, -0.2) is 11.9 Å². The lowest BCUT2D eigenvalue weighted by atomic mass is 10.1. The standard InChI is InChI=1S/C28H55NO4/c1-3-5-7-9-11-13-15-17-19-21-23-25-27(30)32-29-33-28(31)26-24-22-20-18-16-14-12-10-8-6-4-2/h29H,3-26H2,1-2H3. The van der Waals surface area contributed by atoms with Crippen LogP contribution in [0.25, 0.3) is 0 Å². The highest BCUT2D eigenvalue weighted by atomic mass is 16.9. The molecule has 0 rings (SSSR count). The van der Waals surface area contributed by atoms with Gasteiger partial charge in [0.05, 0.1) is 0 Å². The van der Waals surface area contributed by atoms with Gasteiger partial charge >= 0.3 is 11.9 Å². The van der Waals surface area contributed by atoms with Gasteiger partial charge in [-0.2, -0.15) is 0 Å². The van der Waals surface area contributed by atoms with E-state index >= 15 is 0 Å². The molecular formula is C28H55NO4. The Labute approximate surface area is 205 Å². The molecule has 0 unspecified atom stereocenters. The van der Waals surface area contributed by atoms with Crippen LogP contribution in [0.5, 0.6) is 0 Å². The highest BCUT2D eigenvalue weighted by molar-refractivity contribution is 5.70. The van der Waals surface area contributed by atoms with Crippen LogP contribution in [0.4, 0.5) is 0 Å². The molecule has 0 aromatic heterocycles. The van der Waals surface area contributed by atoms with Gasteiger partial charge in [0.1, 0.15) is 0 Å². The van der Waals surface area contributed by atoms with Crippen LogP contribution in [0.1, 0.15) is 168 Å². The van der Waals surface area contributed by atoms with E-state index in [2.05, 4.69) is 19.5 Å². The van der Waals surface area contributed by atoms with E-state index in [4.69, 9.17) is 9.68 Å². The molecule has 0 aliphatic carbocycles. The summed E-state index contributed by atoms with van der Waals surface area (Å²) in [5, 5.41) is 0. The average Bonchev–Trinajstić information content (AvgIpc) is 2.81. The van der Waals surface area contributed by atoms with Gasteiger partial charge in [0, 0.05) is 18.5 Å². The molecule has 0 bridgehead atoms. The fraction of sp³-hybridized carbons (Fsp3) is 0.929. The van der Waals surface area contributed by atoms with Crippen LogP contribution < -0.4 is 5.64 Å². The number of carbonyl (C=O) groups excluding carboxylic acids is 2. The second kappa shape index (κ2) is 27.1. The molecule has 0 aromatic rings. The topological polar surface area (TPSA) is 64.6 Å². The SMILES string of the molecule is CCCCCCCCCCCCCC(=O)ONOC(=O)CCCCCCCCCCCCC. The zero-order valence-corrected chi connectivity index (χ0v) is 22.1. The molecule has 1 N–H and O–H groups in total. The van der Waals surface area contributed by atoms with Crippen molar-refractivity contribution in [1.82, 2.24) is 5.64 Å². The third kappa shape index (κ3) is 27.0. The van der Waals surface area contributed by atoms with E-state index < -0.39 is 0 Å². The van der Waals surface area contributed by atoms with Crippen LogP contribution in [0.3, 0.4) is 0 Å². The van der Waals surface area contributed by atoms with E-state index in [0.717, 1.165) is 25.7 Å². The van der Waals surface area contributed by atoms with E-state index in [-0.39, 0.29) is 11.9 Å². The highest BCUT2D eigenvalue weighted by Crippen LogP contribution is 2.13. The summed E-state index contributed by atoms with van der Waals surface area (Å²) in [6.45, 7) is 4.50. The second-order valence-corrected chi connectivity index (χ2v) is 9.60. The van der Waals surface area contributed by atoms with Gasteiger partial charge in [-0.25, -0.2) is 0 Å². The van der Waals surface area contributed by atoms with Crippen molar-refractivity contribution in [2.45, 2.75) is 168 Å². The van der Waals surface area contributed by atoms with Crippen molar-refractivity contribution in [2.24, 2.45) is 0 Å². The van der Waals surface area contributed by atoms with Gasteiger partial charge in [-0.1, -0.05) is 142 Å². The number of nitrogens with one attached hydrogen (secondary N) is 1. The lowest BCUT2D eigenvalue weighted by Gasteiger charge is -2.06. The minimum Gasteiger partial charge on any atom is -0.336 e. The van der Waals surface area contributed by atoms with Crippen molar-refractivity contribution >= 4 is 11.9 Å². The molecule has 0 radical (unpaired) electrons. The summed E-state index contributed by atoms with van der Waals surface area (Å²) in [6.07, 6.45) is 28.1. The van der Waals surface area contributed by atoms with Crippen LogP contribution in [0.15, 0.2) is 0 Å². The van der Waals surface area contributed by atoms with Gasteiger partial charge in [0.15, 0.2) is 0 Å². The van der Waals surface area contributed by atoms with E-state index in [1.54, 1.807) is 0 Å². The Bertz CT molecular complexity index is 390. The molecule has 0 fully saturated rings. The van der Waals surface area contributed by atoms with Gasteiger partial charge < -0.3 is 9.68 Å². The van der Waals surface area contributed by atoms with E-state index in [0.29, 0.717) is 12.8 Å². The van der Waals surface area contributed by atoms with Crippen molar-refractivity contribution in [3.05, 3.63) is 0 Å². The van der Waals surface area contributed by atoms with E-state index in [9.17, 15) is 9.59 Å². The fourth-order valence-electron chi connectivity index (χ4n) is 4.08. The smallest absolute Gasteiger partial charge is 0.328 e. The molecule has 0 heterocycles. The molecule has 5 nitrogen and oxygen atoms in total. The number of hydrogen-bond acceptors (Lipinski definition) is 5. The van der Waals surface area contributed by atoms with Crippen LogP contribution >= 0.6 is 0 Å². The predicted molar refractivity (Wildman–Crippen MR) is 137 cm³/mol. The van der Waals surface area contributed by atoms with Crippen LogP contribution in [-0.2, 0) is 19.3 Å². The van der Waals surface area contributed by atoms with Crippen LogP contribution in [0.2, 0.25) is 0 Å². The third-order valence-electron chi connectivity index (χ3n) is 6.28. The van der Waals surface area contributed by atoms with E-state index in [1.165, 1.54) is 116 Å². The Morgan fingerprint density at radius 3 is 0.939 bits per heavy atom. The lowest BCUT2D eigenvalue weighted by Crippen LogP contribution is -2.23. The average molecular weight is 470 g/mol. The molecule has 0 amide bonds. The summed E-state index contributed by atoms with van der Waals surface area (Å²) < 4.78 is 0. The van der Waals surface area contributed by atoms with Gasteiger partial charge in [0.25, 0.3) is 0 Å². The Morgan fingerprint density at radius 1 is 0.424 bits per heavy atom. The first-order valence-electron chi connectivity index (χ1n) is 14.3. The summed E-state index contributed by atoms with van der Waals surface area (Å²) in [5.41, 5.74) is 2.07. The minimum atomic E-state index is -0.367. The molecule has 5 heteroatoms. The first kappa shape index (κ1) is 31.9. The van der Waals surface area contributed by atoms with Gasteiger partial charge in [-0.15, -0.1) is 0 Å². The number of rotatable bonds is 26. The Hall–Kier alpha value is -1.10. The maximum absolute atomic E-state index is 11.7. The Kier molecular flexibility index (Phi) is 26.2. The Morgan fingerprint density at radius 2 is 0.667 bits per heavy atom. The second-order valence-electron chi connectivity index (χ2n) is 9.60. The lowest BCUT2D eigenvalue weighted by molar-refractivity contribution is -0.198. The molecule has 0 atom stereocenters. The van der Waals surface area contributed by atoms with Crippen molar-refractivity contribution in [2.75, 3.05) is 0 Å². The van der Waals surface area contributed by atoms with Crippen molar-refractivity contribution < 1.29 is 19.3 Å². The van der Waals surface area contributed by atoms with Crippen LogP contribution in [0, 0.1) is 0 Å². The van der Waals surface area contributed by atoms with Gasteiger partial charge in [-0.3, -0.25) is 9.59 Å². The molecule has 0 aromatic carbocycles. The summed E-state index contributed by atoms with van der Waals surface area (Å²) >= 11 is 0. The number of carbonyl (C=O) groups is 2. The molecule has 0 spiro atoms. The summed E-state index contributed by atoms with van der Waals surface area (Å²) in [4.78, 5) is 32.9. The number of hydrogen-bond donors (Lipinski definition) is 1. The van der Waals surface area contributed by atoms with Crippen molar-refractivity contribution in [3.63, 3.8) is 0 Å². The van der Waals surface area contributed by atoms with E-state index in [1.807, 2.05) is 0 Å². The highest BCUT2D eigenvalue weighted by Gasteiger charge is 2.06. The molecule has 33 heavy (non-hydrogen) atoms. The zero-order chi connectivity index (χ0) is 24.2. The first-order chi connectivity index (χ1) is 16.2. The van der Waals surface area contributed by atoms with Crippen molar-refractivity contribution in [3.8, 4) is 0 Å². The van der Waals surface area contributed by atoms with Crippen molar-refractivity contribution in [1.29, 1.82) is 0 Å². The molecular weight excluding hydrogens is 414 g/mol. The maximum Gasteiger partial charge on any atom is 0.328 e. The molecule has 0 saturated heterocycles. The quantitative estimate of drug-likeness (QED) is 0.101. The minimum absolute atomic E-state index is 0.361. The normalized spacial score (nSPS) is 11.0. The molecule has 0 aliphatic rings. The zero-order valence-electron chi connectivity index (χ0n) is 22.1. The fourth-order valence-corrected chi connectivity index (χ4v) is 4.08. The molecule has 0 saturated carbocycles. The monoisotopic (exact) mass is 469 g/mol. The summed E-state index contributed by atoms with van der Waals surface area (Å²) in [7, 11) is 0. The third-order valence-corrected chi connectivity index (χ3v) is 6.28. The molecule has 0 aliphatic heterocycles. The first-order valence-corrected chi connectivity index (χ1v) is 14.3. The largest absolute Gasteiger partial charge is 0.336 e. The molecule has 196 valence electrons. The summed E-state index contributed by atoms with van der Waals surface area (Å²) in [6, 6.07) is 0. The number of unbranched alkanes of at least 4 members (excludes halogenated alkanes) is 20. The van der Waals surface area contributed by atoms with Gasteiger partial charge in [0.2, 0.25) is 0 Å². The summed E-state index contributed by atoms with van der Waals surface area (Å²) in [5.74, 6) is -0.734. The Balaban J connectivity index is 3.29. The maximum atomic E-state index is 11.7. The predicted octanol–water partition coefficient (Wildman–Crippen LogP) is 8.89.